The molecule has 0 saturated carbocycles. The Bertz CT molecular complexity index is 750. The number of furan rings is 1. The zero-order valence-corrected chi connectivity index (χ0v) is 15.1. The number of ether oxygens (including phenoxy) is 1. The predicted octanol–water partition coefficient (Wildman–Crippen LogP) is 1.82. The molecule has 0 atom stereocenters. The molecule has 0 aliphatic carbocycles. The zero-order valence-electron chi connectivity index (χ0n) is 15.1. The summed E-state index contributed by atoms with van der Waals surface area (Å²) in [5.41, 5.74) is 1.07. The van der Waals surface area contributed by atoms with Gasteiger partial charge in [-0.1, -0.05) is 18.2 Å². The van der Waals surface area contributed by atoms with Crippen LogP contribution in [0.2, 0.25) is 0 Å². The number of hydrogen-bond donors (Lipinski definition) is 1. The maximum Gasteiger partial charge on any atom is 0.289 e. The van der Waals surface area contributed by atoms with Crippen molar-refractivity contribution < 1.29 is 13.9 Å². The smallest absolute Gasteiger partial charge is 0.289 e. The fraction of sp³-hybridized carbons (Fsp3) is 0.368. The maximum absolute atomic E-state index is 12.3. The number of aliphatic imine (C=N–C) groups is 1. The Morgan fingerprint density at radius 2 is 1.88 bits per heavy atom. The van der Waals surface area contributed by atoms with Crippen molar-refractivity contribution in [3.05, 3.63) is 54.0 Å². The summed E-state index contributed by atoms with van der Waals surface area (Å²) in [6, 6.07) is 11.3. The molecular formula is C19H24N4O3. The van der Waals surface area contributed by atoms with E-state index in [4.69, 9.17) is 9.15 Å². The van der Waals surface area contributed by atoms with Crippen LogP contribution >= 0.6 is 0 Å². The van der Waals surface area contributed by atoms with E-state index in [1.165, 1.54) is 6.26 Å². The van der Waals surface area contributed by atoms with Crippen molar-refractivity contribution in [2.24, 2.45) is 4.99 Å². The normalized spacial score (nSPS) is 15.1. The van der Waals surface area contributed by atoms with Crippen molar-refractivity contribution in [3.63, 3.8) is 0 Å². The molecule has 0 spiro atoms. The average Bonchev–Trinajstić information content (AvgIpc) is 3.23. The summed E-state index contributed by atoms with van der Waals surface area (Å²) in [6.07, 6.45) is 1.52. The molecule has 0 radical (unpaired) electrons. The highest BCUT2D eigenvalue weighted by Gasteiger charge is 2.25. The Morgan fingerprint density at radius 3 is 2.54 bits per heavy atom. The van der Waals surface area contributed by atoms with Crippen molar-refractivity contribution in [2.45, 2.75) is 6.54 Å². The van der Waals surface area contributed by atoms with Crippen molar-refractivity contribution in [2.75, 3.05) is 40.3 Å². The Kier molecular flexibility index (Phi) is 5.78. The number of nitrogens with one attached hydrogen (secondary N) is 1. The van der Waals surface area contributed by atoms with Gasteiger partial charge in [0.25, 0.3) is 5.91 Å². The van der Waals surface area contributed by atoms with Crippen LogP contribution in [0.4, 0.5) is 0 Å². The van der Waals surface area contributed by atoms with Gasteiger partial charge in [-0.25, -0.2) is 0 Å². The zero-order chi connectivity index (χ0) is 18.4. The molecular weight excluding hydrogens is 332 g/mol. The molecule has 1 aliphatic rings. The predicted molar refractivity (Wildman–Crippen MR) is 99.4 cm³/mol. The molecule has 2 heterocycles. The van der Waals surface area contributed by atoms with E-state index >= 15 is 0 Å². The molecule has 1 N–H and O–H groups in total. The monoisotopic (exact) mass is 356 g/mol. The molecule has 1 aliphatic heterocycles. The number of guanidine groups is 1. The topological polar surface area (TPSA) is 70.3 Å². The van der Waals surface area contributed by atoms with Gasteiger partial charge in [0.05, 0.1) is 13.4 Å². The molecule has 1 fully saturated rings. The lowest BCUT2D eigenvalue weighted by Gasteiger charge is -2.36. The Morgan fingerprint density at radius 1 is 1.15 bits per heavy atom. The van der Waals surface area contributed by atoms with Gasteiger partial charge in [0.15, 0.2) is 11.7 Å². The number of carbonyl (C=O) groups excluding carboxylic acids is 1. The maximum atomic E-state index is 12.3. The van der Waals surface area contributed by atoms with Gasteiger partial charge >= 0.3 is 0 Å². The van der Waals surface area contributed by atoms with Gasteiger partial charge in [-0.05, 0) is 18.2 Å². The van der Waals surface area contributed by atoms with E-state index in [-0.39, 0.29) is 5.91 Å². The average molecular weight is 356 g/mol. The van der Waals surface area contributed by atoms with E-state index in [0.29, 0.717) is 25.4 Å². The Labute approximate surface area is 153 Å². The number of nitrogens with zero attached hydrogens (tertiary/aromatic N) is 3. The van der Waals surface area contributed by atoms with Crippen LogP contribution in [0.3, 0.4) is 0 Å². The minimum absolute atomic E-state index is 0.0633. The third kappa shape index (κ3) is 3.99. The lowest BCUT2D eigenvalue weighted by molar-refractivity contribution is 0.0657. The molecule has 138 valence electrons. The molecule has 1 aromatic heterocycles. The number of methoxy groups -OCH3 is 1. The number of amides is 1. The van der Waals surface area contributed by atoms with Crippen LogP contribution in [0, 0.1) is 0 Å². The van der Waals surface area contributed by atoms with Crippen LogP contribution < -0.4 is 10.1 Å². The first kappa shape index (κ1) is 17.8. The molecule has 3 rings (SSSR count). The molecule has 1 saturated heterocycles. The first-order chi connectivity index (χ1) is 12.7. The van der Waals surface area contributed by atoms with E-state index in [1.54, 1.807) is 26.3 Å². The number of para-hydroxylation sites is 1. The van der Waals surface area contributed by atoms with Gasteiger partial charge in [0.1, 0.15) is 5.75 Å². The second-order valence-electron chi connectivity index (χ2n) is 5.97. The van der Waals surface area contributed by atoms with E-state index in [2.05, 4.69) is 15.2 Å². The van der Waals surface area contributed by atoms with Crippen molar-refractivity contribution in [1.82, 2.24) is 15.1 Å². The molecule has 7 nitrogen and oxygen atoms in total. The summed E-state index contributed by atoms with van der Waals surface area (Å²) < 4.78 is 10.6. The number of rotatable bonds is 4. The highest BCUT2D eigenvalue weighted by atomic mass is 16.5. The number of carbonyl (C=O) groups is 1. The van der Waals surface area contributed by atoms with E-state index in [9.17, 15) is 4.79 Å². The van der Waals surface area contributed by atoms with E-state index < -0.39 is 0 Å². The van der Waals surface area contributed by atoms with Gasteiger partial charge in [-0.3, -0.25) is 9.79 Å². The molecule has 26 heavy (non-hydrogen) atoms. The highest BCUT2D eigenvalue weighted by Crippen LogP contribution is 2.17. The third-order valence-corrected chi connectivity index (χ3v) is 4.44. The summed E-state index contributed by atoms with van der Waals surface area (Å²) in [6.45, 7) is 3.34. The third-order valence-electron chi connectivity index (χ3n) is 4.44. The summed E-state index contributed by atoms with van der Waals surface area (Å²) in [5, 5.41) is 3.38. The summed E-state index contributed by atoms with van der Waals surface area (Å²) in [7, 11) is 3.44. The summed E-state index contributed by atoms with van der Waals surface area (Å²) in [4.78, 5) is 20.7. The van der Waals surface area contributed by atoms with E-state index in [1.807, 2.05) is 29.2 Å². The molecule has 1 aromatic carbocycles. The standard InChI is InChI=1S/C19H24N4O3/c1-20-19(21-14-15-6-3-4-7-16(15)25-2)23-11-9-22(10-12-23)18(24)17-8-5-13-26-17/h3-8,13H,9-12,14H2,1-2H3,(H,20,21). The fourth-order valence-corrected chi connectivity index (χ4v) is 3.03. The van der Waals surface area contributed by atoms with Gasteiger partial charge in [-0.15, -0.1) is 0 Å². The van der Waals surface area contributed by atoms with Crippen molar-refractivity contribution in [1.29, 1.82) is 0 Å². The molecule has 1 amide bonds. The van der Waals surface area contributed by atoms with Gasteiger partial charge < -0.3 is 24.3 Å². The number of benzene rings is 1. The largest absolute Gasteiger partial charge is 0.496 e. The first-order valence-corrected chi connectivity index (χ1v) is 8.63. The summed E-state index contributed by atoms with van der Waals surface area (Å²) in [5.74, 6) is 1.99. The van der Waals surface area contributed by atoms with Crippen molar-refractivity contribution in [3.8, 4) is 5.75 Å². The minimum Gasteiger partial charge on any atom is -0.496 e. The van der Waals surface area contributed by atoms with Crippen LogP contribution in [0.25, 0.3) is 0 Å². The molecule has 7 heteroatoms. The molecule has 2 aromatic rings. The van der Waals surface area contributed by atoms with Gasteiger partial charge in [0, 0.05) is 45.3 Å². The second kappa shape index (κ2) is 8.42. The lowest BCUT2D eigenvalue weighted by atomic mass is 10.2. The summed E-state index contributed by atoms with van der Waals surface area (Å²) >= 11 is 0. The number of hydrogen-bond acceptors (Lipinski definition) is 4. The van der Waals surface area contributed by atoms with Crippen LogP contribution in [0.1, 0.15) is 16.1 Å². The van der Waals surface area contributed by atoms with Crippen LogP contribution in [-0.4, -0.2) is 62.0 Å². The van der Waals surface area contributed by atoms with Crippen LogP contribution in [0.15, 0.2) is 52.1 Å². The van der Waals surface area contributed by atoms with E-state index in [0.717, 1.165) is 30.4 Å². The Balaban J connectivity index is 1.55. The van der Waals surface area contributed by atoms with Gasteiger partial charge in [0.2, 0.25) is 0 Å². The number of piperazine rings is 1. The second-order valence-corrected chi connectivity index (χ2v) is 5.97. The minimum atomic E-state index is -0.0633. The highest BCUT2D eigenvalue weighted by molar-refractivity contribution is 5.91. The first-order valence-electron chi connectivity index (χ1n) is 8.63. The lowest BCUT2D eigenvalue weighted by Crippen LogP contribution is -2.53. The van der Waals surface area contributed by atoms with Crippen LogP contribution in [0.5, 0.6) is 5.75 Å². The van der Waals surface area contributed by atoms with Crippen molar-refractivity contribution >= 4 is 11.9 Å². The Hall–Kier alpha value is -2.96. The molecule has 0 bridgehead atoms. The quantitative estimate of drug-likeness (QED) is 0.668. The fourth-order valence-electron chi connectivity index (χ4n) is 3.03. The SMILES string of the molecule is CN=C(NCc1ccccc1OC)N1CCN(C(=O)c2ccco2)CC1. The van der Waals surface area contributed by atoms with Crippen LogP contribution in [-0.2, 0) is 6.54 Å². The molecule has 0 unspecified atom stereocenters. The van der Waals surface area contributed by atoms with Gasteiger partial charge in [-0.2, -0.15) is 0 Å².